The van der Waals surface area contributed by atoms with Crippen LogP contribution in [0.5, 0.6) is 5.75 Å². The molecule has 1 N–H and O–H groups in total. The first kappa shape index (κ1) is 17.3. The van der Waals surface area contributed by atoms with Crippen molar-refractivity contribution in [3.05, 3.63) is 40.9 Å². The van der Waals surface area contributed by atoms with Crippen molar-refractivity contribution >= 4 is 15.9 Å². The van der Waals surface area contributed by atoms with Crippen molar-refractivity contribution in [2.45, 2.75) is 45.1 Å². The van der Waals surface area contributed by atoms with Crippen LogP contribution in [0.4, 0.5) is 0 Å². The fraction of sp³-hybridized carbons (Fsp3) is 0.529. The van der Waals surface area contributed by atoms with E-state index in [-0.39, 0.29) is 0 Å². The molecular formula is C17H26BrNO. The van der Waals surface area contributed by atoms with Gasteiger partial charge in [-0.1, -0.05) is 41.8 Å². The summed E-state index contributed by atoms with van der Waals surface area (Å²) in [6.45, 7) is 6.89. The lowest BCUT2D eigenvalue weighted by molar-refractivity contribution is 0.411. The minimum Gasteiger partial charge on any atom is -0.497 e. The molecular weight excluding hydrogens is 314 g/mol. The third kappa shape index (κ3) is 5.68. The normalized spacial score (nSPS) is 12.2. The van der Waals surface area contributed by atoms with Gasteiger partial charge in [0.2, 0.25) is 0 Å². The number of unbranched alkanes of at least 4 members (excludes halogenated alkanes) is 3. The van der Waals surface area contributed by atoms with Crippen molar-refractivity contribution in [3.8, 4) is 5.75 Å². The van der Waals surface area contributed by atoms with E-state index in [1.165, 1.54) is 24.8 Å². The molecule has 1 unspecified atom stereocenters. The molecule has 2 nitrogen and oxygen atoms in total. The molecule has 112 valence electrons. The molecule has 0 heterocycles. The summed E-state index contributed by atoms with van der Waals surface area (Å²) in [5, 5.41) is 3.58. The Kier molecular flexibility index (Phi) is 8.63. The highest BCUT2D eigenvalue weighted by Gasteiger charge is 2.14. The molecule has 1 rings (SSSR count). The van der Waals surface area contributed by atoms with Gasteiger partial charge in [-0.3, -0.25) is 0 Å². The van der Waals surface area contributed by atoms with E-state index in [1.54, 1.807) is 7.11 Å². The summed E-state index contributed by atoms with van der Waals surface area (Å²) >= 11 is 3.66. The van der Waals surface area contributed by atoms with Gasteiger partial charge in [-0.05, 0) is 49.6 Å². The molecule has 1 atom stereocenters. The van der Waals surface area contributed by atoms with Crippen LogP contribution in [0.2, 0.25) is 0 Å². The van der Waals surface area contributed by atoms with Crippen molar-refractivity contribution in [1.29, 1.82) is 0 Å². The Morgan fingerprint density at radius 2 is 2.15 bits per heavy atom. The molecule has 0 radical (unpaired) electrons. The van der Waals surface area contributed by atoms with Gasteiger partial charge in [0.05, 0.1) is 7.11 Å². The second-order valence-electron chi connectivity index (χ2n) is 4.92. The number of hydrogen-bond acceptors (Lipinski definition) is 2. The number of rotatable bonds is 10. The van der Waals surface area contributed by atoms with Gasteiger partial charge in [0.1, 0.15) is 5.75 Å². The average molecular weight is 340 g/mol. The lowest BCUT2D eigenvalue weighted by Crippen LogP contribution is -2.21. The van der Waals surface area contributed by atoms with Crippen LogP contribution in [0.1, 0.15) is 50.6 Å². The van der Waals surface area contributed by atoms with Crippen LogP contribution >= 0.6 is 15.9 Å². The number of nitrogens with one attached hydrogen (secondary N) is 1. The summed E-state index contributed by atoms with van der Waals surface area (Å²) < 4.78 is 6.48. The number of benzene rings is 1. The number of hydrogen-bond donors (Lipinski definition) is 1. The van der Waals surface area contributed by atoms with Crippen LogP contribution in [-0.4, -0.2) is 13.7 Å². The fourth-order valence-corrected chi connectivity index (χ4v) is 2.87. The summed E-state index contributed by atoms with van der Waals surface area (Å²) in [6, 6.07) is 6.56. The molecule has 0 aliphatic carbocycles. The Morgan fingerprint density at radius 3 is 2.80 bits per heavy atom. The molecule has 20 heavy (non-hydrogen) atoms. The van der Waals surface area contributed by atoms with E-state index in [1.807, 2.05) is 12.1 Å². The second-order valence-corrected chi connectivity index (χ2v) is 5.78. The molecule has 0 bridgehead atoms. The molecule has 1 aromatic rings. The largest absolute Gasteiger partial charge is 0.497 e. The Balaban J connectivity index is 2.66. The molecule has 1 aromatic carbocycles. The van der Waals surface area contributed by atoms with E-state index in [2.05, 4.69) is 46.9 Å². The van der Waals surface area contributed by atoms with E-state index >= 15 is 0 Å². The van der Waals surface area contributed by atoms with E-state index < -0.39 is 0 Å². The van der Waals surface area contributed by atoms with Gasteiger partial charge < -0.3 is 10.1 Å². The predicted molar refractivity (Wildman–Crippen MR) is 90.4 cm³/mol. The van der Waals surface area contributed by atoms with Crippen LogP contribution in [0.15, 0.2) is 35.3 Å². The minimum absolute atomic E-state index is 0.383. The summed E-state index contributed by atoms with van der Waals surface area (Å²) in [4.78, 5) is 0. The molecule has 0 aliphatic rings. The lowest BCUT2D eigenvalue weighted by Gasteiger charge is -2.20. The van der Waals surface area contributed by atoms with Gasteiger partial charge in [0.25, 0.3) is 0 Å². The third-order valence-corrected chi connectivity index (χ3v) is 4.15. The maximum Gasteiger partial charge on any atom is 0.119 e. The molecule has 0 fully saturated rings. The second kappa shape index (κ2) is 10.0. The Labute approximate surface area is 131 Å². The molecule has 0 spiro atoms. The highest BCUT2D eigenvalue weighted by atomic mass is 79.9. The maximum atomic E-state index is 5.34. The van der Waals surface area contributed by atoms with Gasteiger partial charge in [0.15, 0.2) is 0 Å². The van der Waals surface area contributed by atoms with Crippen molar-refractivity contribution in [3.63, 3.8) is 0 Å². The van der Waals surface area contributed by atoms with Gasteiger partial charge in [-0.25, -0.2) is 0 Å². The quantitative estimate of drug-likeness (QED) is 0.464. The molecule has 0 aliphatic heterocycles. The zero-order chi connectivity index (χ0) is 14.8. The first-order valence-corrected chi connectivity index (χ1v) is 8.20. The first-order valence-electron chi connectivity index (χ1n) is 7.40. The van der Waals surface area contributed by atoms with E-state index in [4.69, 9.17) is 4.74 Å². The Bertz CT molecular complexity index is 406. The summed E-state index contributed by atoms with van der Waals surface area (Å²) in [6.07, 6.45) is 8.00. The average Bonchev–Trinajstić information content (AvgIpc) is 2.46. The molecule has 0 aromatic heterocycles. The number of methoxy groups -OCH3 is 1. The fourth-order valence-electron chi connectivity index (χ4n) is 2.34. The summed E-state index contributed by atoms with van der Waals surface area (Å²) in [7, 11) is 1.71. The summed E-state index contributed by atoms with van der Waals surface area (Å²) in [5.74, 6) is 0.915. The number of halogens is 1. The van der Waals surface area contributed by atoms with Gasteiger partial charge in [-0.15, -0.1) is 6.58 Å². The summed E-state index contributed by atoms with van der Waals surface area (Å²) in [5.41, 5.74) is 1.29. The van der Waals surface area contributed by atoms with E-state index in [0.29, 0.717) is 6.04 Å². The van der Waals surface area contributed by atoms with Gasteiger partial charge in [-0.2, -0.15) is 0 Å². The van der Waals surface area contributed by atoms with Crippen LogP contribution in [0.3, 0.4) is 0 Å². The zero-order valence-electron chi connectivity index (χ0n) is 12.6. The first-order chi connectivity index (χ1) is 9.72. The SMILES string of the molecule is C=CCCCCCC(NCC)c1cc(OC)ccc1Br. The molecule has 0 amide bonds. The smallest absolute Gasteiger partial charge is 0.119 e. The highest BCUT2D eigenvalue weighted by molar-refractivity contribution is 9.10. The van der Waals surface area contributed by atoms with E-state index in [0.717, 1.165) is 29.6 Å². The van der Waals surface area contributed by atoms with Crippen LogP contribution in [0, 0.1) is 0 Å². The third-order valence-electron chi connectivity index (χ3n) is 3.43. The molecule has 0 saturated carbocycles. The van der Waals surface area contributed by atoms with Gasteiger partial charge in [0, 0.05) is 10.5 Å². The molecule has 3 heteroatoms. The monoisotopic (exact) mass is 339 g/mol. The van der Waals surface area contributed by atoms with Crippen LogP contribution in [-0.2, 0) is 0 Å². The van der Waals surface area contributed by atoms with Crippen LogP contribution < -0.4 is 10.1 Å². The van der Waals surface area contributed by atoms with Crippen molar-refractivity contribution < 1.29 is 4.74 Å². The van der Waals surface area contributed by atoms with Crippen molar-refractivity contribution in [2.24, 2.45) is 0 Å². The molecule has 0 saturated heterocycles. The van der Waals surface area contributed by atoms with Crippen molar-refractivity contribution in [2.75, 3.05) is 13.7 Å². The predicted octanol–water partition coefficient (Wildman–Crippen LogP) is 5.24. The standard InChI is InChI=1S/C17H26BrNO/c1-4-6-7-8-9-10-17(19-5-2)15-13-14(20-3)11-12-16(15)18/h4,11-13,17,19H,1,5-10H2,2-3H3. The van der Waals surface area contributed by atoms with Gasteiger partial charge >= 0.3 is 0 Å². The maximum absolute atomic E-state index is 5.34. The topological polar surface area (TPSA) is 21.3 Å². The minimum atomic E-state index is 0.383. The van der Waals surface area contributed by atoms with E-state index in [9.17, 15) is 0 Å². The zero-order valence-corrected chi connectivity index (χ0v) is 14.2. The Hall–Kier alpha value is -0.800. The van der Waals surface area contributed by atoms with Crippen LogP contribution in [0.25, 0.3) is 0 Å². The Morgan fingerprint density at radius 1 is 1.35 bits per heavy atom. The van der Waals surface area contributed by atoms with Crippen molar-refractivity contribution in [1.82, 2.24) is 5.32 Å². The number of allylic oxidation sites excluding steroid dienone is 1. The number of ether oxygens (including phenoxy) is 1. The highest BCUT2D eigenvalue weighted by Crippen LogP contribution is 2.30. The lowest BCUT2D eigenvalue weighted by atomic mass is 9.99.